The van der Waals surface area contributed by atoms with Crippen LogP contribution in [0.25, 0.3) is 10.9 Å². The Morgan fingerprint density at radius 1 is 1.08 bits per heavy atom. The van der Waals surface area contributed by atoms with E-state index in [1.165, 1.54) is 10.9 Å². The van der Waals surface area contributed by atoms with E-state index in [0.29, 0.717) is 19.8 Å². The lowest BCUT2D eigenvalue weighted by atomic mass is 10.1. The van der Waals surface area contributed by atoms with Crippen LogP contribution in [0, 0.1) is 0 Å². The van der Waals surface area contributed by atoms with Crippen LogP contribution >= 0.6 is 0 Å². The smallest absolute Gasteiger partial charge is 0.253 e. The van der Waals surface area contributed by atoms with Crippen molar-refractivity contribution in [2.24, 2.45) is 0 Å². The van der Waals surface area contributed by atoms with Gasteiger partial charge in [0.15, 0.2) is 0 Å². The molecular weight excluding hydrogens is 326 g/mol. The van der Waals surface area contributed by atoms with Gasteiger partial charge in [0.1, 0.15) is 0 Å². The largest absolute Gasteiger partial charge is 0.378 e. The number of anilines is 1. The van der Waals surface area contributed by atoms with E-state index in [0.717, 1.165) is 36.3 Å². The van der Waals surface area contributed by atoms with Crippen LogP contribution in [-0.4, -0.2) is 43.7 Å². The molecule has 0 unspecified atom stereocenters. The molecule has 1 fully saturated rings. The Morgan fingerprint density at radius 2 is 1.85 bits per heavy atom. The maximum absolute atomic E-state index is 12.7. The molecule has 0 saturated carbocycles. The van der Waals surface area contributed by atoms with Gasteiger partial charge in [-0.2, -0.15) is 0 Å². The number of carbonyl (C=O) groups excluding carboxylic acids is 1. The second kappa shape index (κ2) is 7.62. The molecule has 3 aromatic rings. The lowest BCUT2D eigenvalue weighted by molar-refractivity contribution is 0.0952. The number of rotatable bonds is 5. The SMILES string of the molecule is O=C(NCCc1c[nH]c2ccccc12)c1ccccc1N1CCOCC1. The molecule has 1 aromatic heterocycles. The Labute approximate surface area is 153 Å². The third kappa shape index (κ3) is 3.44. The summed E-state index contributed by atoms with van der Waals surface area (Å²) in [5, 5.41) is 4.29. The number of ether oxygens (including phenoxy) is 1. The third-order valence-corrected chi connectivity index (χ3v) is 4.86. The van der Waals surface area contributed by atoms with E-state index < -0.39 is 0 Å². The minimum absolute atomic E-state index is 0.0214. The summed E-state index contributed by atoms with van der Waals surface area (Å²) < 4.78 is 5.42. The van der Waals surface area contributed by atoms with E-state index in [4.69, 9.17) is 4.74 Å². The molecule has 5 heteroatoms. The van der Waals surface area contributed by atoms with Crippen LogP contribution in [0.5, 0.6) is 0 Å². The molecule has 2 heterocycles. The van der Waals surface area contributed by atoms with Gasteiger partial charge in [0.25, 0.3) is 5.91 Å². The number of morpholine rings is 1. The van der Waals surface area contributed by atoms with Crippen LogP contribution in [-0.2, 0) is 11.2 Å². The first-order chi connectivity index (χ1) is 12.8. The average Bonchev–Trinajstić information content (AvgIpc) is 3.12. The summed E-state index contributed by atoms with van der Waals surface area (Å²) in [7, 11) is 0. The minimum Gasteiger partial charge on any atom is -0.378 e. The van der Waals surface area contributed by atoms with Crippen LogP contribution in [0.1, 0.15) is 15.9 Å². The number of fused-ring (bicyclic) bond motifs is 1. The van der Waals surface area contributed by atoms with Crippen molar-refractivity contribution in [1.29, 1.82) is 0 Å². The number of nitrogens with one attached hydrogen (secondary N) is 2. The Morgan fingerprint density at radius 3 is 2.73 bits per heavy atom. The molecule has 26 heavy (non-hydrogen) atoms. The summed E-state index contributed by atoms with van der Waals surface area (Å²) >= 11 is 0. The number of carbonyl (C=O) groups is 1. The van der Waals surface area contributed by atoms with E-state index in [9.17, 15) is 4.79 Å². The summed E-state index contributed by atoms with van der Waals surface area (Å²) in [5.74, 6) is -0.0214. The van der Waals surface area contributed by atoms with Crippen molar-refractivity contribution >= 4 is 22.5 Å². The molecule has 0 radical (unpaired) electrons. The zero-order valence-corrected chi connectivity index (χ0v) is 14.7. The van der Waals surface area contributed by atoms with Crippen LogP contribution in [0.4, 0.5) is 5.69 Å². The van der Waals surface area contributed by atoms with Crippen molar-refractivity contribution in [1.82, 2.24) is 10.3 Å². The van der Waals surface area contributed by atoms with Gasteiger partial charge in [-0.3, -0.25) is 4.79 Å². The van der Waals surface area contributed by atoms with Gasteiger partial charge >= 0.3 is 0 Å². The number of H-pyrrole nitrogens is 1. The summed E-state index contributed by atoms with van der Waals surface area (Å²) in [6.07, 6.45) is 2.83. The van der Waals surface area contributed by atoms with Gasteiger partial charge in [-0.05, 0) is 30.2 Å². The predicted molar refractivity (Wildman–Crippen MR) is 104 cm³/mol. The highest BCUT2D eigenvalue weighted by Gasteiger charge is 2.18. The molecule has 2 aromatic carbocycles. The molecule has 1 amide bonds. The van der Waals surface area contributed by atoms with Gasteiger partial charge in [0.2, 0.25) is 0 Å². The van der Waals surface area contributed by atoms with Crippen LogP contribution < -0.4 is 10.2 Å². The van der Waals surface area contributed by atoms with Crippen molar-refractivity contribution < 1.29 is 9.53 Å². The van der Waals surface area contributed by atoms with Gasteiger partial charge in [0.05, 0.1) is 18.8 Å². The van der Waals surface area contributed by atoms with Crippen molar-refractivity contribution in [2.75, 3.05) is 37.7 Å². The van der Waals surface area contributed by atoms with E-state index >= 15 is 0 Å². The fourth-order valence-corrected chi connectivity index (χ4v) is 3.49. The van der Waals surface area contributed by atoms with Crippen molar-refractivity contribution in [3.8, 4) is 0 Å². The number of aromatic nitrogens is 1. The number of amides is 1. The number of hydrogen-bond acceptors (Lipinski definition) is 3. The Kier molecular flexibility index (Phi) is 4.88. The molecule has 4 rings (SSSR count). The second-order valence-corrected chi connectivity index (χ2v) is 6.48. The first kappa shape index (κ1) is 16.7. The van der Waals surface area contributed by atoms with Gasteiger partial charge in [-0.25, -0.2) is 0 Å². The molecular formula is C21H23N3O2. The van der Waals surface area contributed by atoms with Crippen molar-refractivity contribution in [3.63, 3.8) is 0 Å². The zero-order valence-electron chi connectivity index (χ0n) is 14.7. The standard InChI is InChI=1S/C21H23N3O2/c25-21(18-6-2-4-8-20(18)24-11-13-26-14-12-24)22-10-9-16-15-23-19-7-3-1-5-17(16)19/h1-8,15,23H,9-14H2,(H,22,25). The molecule has 0 aliphatic carbocycles. The maximum Gasteiger partial charge on any atom is 0.253 e. The van der Waals surface area contributed by atoms with Crippen molar-refractivity contribution in [2.45, 2.75) is 6.42 Å². The zero-order chi connectivity index (χ0) is 17.8. The van der Waals surface area contributed by atoms with E-state index in [2.05, 4.69) is 27.3 Å². The lowest BCUT2D eigenvalue weighted by Crippen LogP contribution is -2.38. The van der Waals surface area contributed by atoms with E-state index in [-0.39, 0.29) is 5.91 Å². The molecule has 1 saturated heterocycles. The van der Waals surface area contributed by atoms with Crippen molar-refractivity contribution in [3.05, 3.63) is 65.9 Å². The summed E-state index contributed by atoms with van der Waals surface area (Å²) in [6, 6.07) is 16.0. The molecule has 2 N–H and O–H groups in total. The van der Waals surface area contributed by atoms with E-state index in [1.54, 1.807) is 0 Å². The monoisotopic (exact) mass is 349 g/mol. The average molecular weight is 349 g/mol. The normalized spacial score (nSPS) is 14.5. The van der Waals surface area contributed by atoms with E-state index in [1.807, 2.05) is 42.6 Å². The fourth-order valence-electron chi connectivity index (χ4n) is 3.49. The van der Waals surface area contributed by atoms with Crippen LogP contribution in [0.3, 0.4) is 0 Å². The third-order valence-electron chi connectivity index (χ3n) is 4.86. The molecule has 0 bridgehead atoms. The first-order valence-corrected chi connectivity index (χ1v) is 9.08. The number of aromatic amines is 1. The highest BCUT2D eigenvalue weighted by atomic mass is 16.5. The number of hydrogen-bond donors (Lipinski definition) is 2. The Balaban J connectivity index is 1.42. The summed E-state index contributed by atoms with van der Waals surface area (Å²) in [5.41, 5.74) is 4.07. The van der Waals surface area contributed by atoms with Gasteiger partial charge in [-0.1, -0.05) is 30.3 Å². The van der Waals surface area contributed by atoms with Crippen LogP contribution in [0.2, 0.25) is 0 Å². The molecule has 134 valence electrons. The summed E-state index contributed by atoms with van der Waals surface area (Å²) in [4.78, 5) is 18.2. The molecule has 0 spiro atoms. The molecule has 0 atom stereocenters. The fraction of sp³-hybridized carbons (Fsp3) is 0.286. The minimum atomic E-state index is -0.0214. The highest BCUT2D eigenvalue weighted by molar-refractivity contribution is 5.99. The summed E-state index contributed by atoms with van der Waals surface area (Å²) in [6.45, 7) is 3.66. The molecule has 5 nitrogen and oxygen atoms in total. The topological polar surface area (TPSA) is 57.4 Å². The lowest BCUT2D eigenvalue weighted by Gasteiger charge is -2.30. The number of para-hydroxylation sites is 2. The highest BCUT2D eigenvalue weighted by Crippen LogP contribution is 2.22. The molecule has 1 aliphatic rings. The molecule has 1 aliphatic heterocycles. The predicted octanol–water partition coefficient (Wildman–Crippen LogP) is 2.98. The second-order valence-electron chi connectivity index (χ2n) is 6.48. The number of nitrogens with zero attached hydrogens (tertiary/aromatic N) is 1. The number of benzene rings is 2. The quantitative estimate of drug-likeness (QED) is 0.744. The van der Waals surface area contributed by atoms with Gasteiger partial charge < -0.3 is 19.9 Å². The van der Waals surface area contributed by atoms with Gasteiger partial charge in [-0.15, -0.1) is 0 Å². The van der Waals surface area contributed by atoms with Crippen LogP contribution in [0.15, 0.2) is 54.7 Å². The first-order valence-electron chi connectivity index (χ1n) is 9.08. The Bertz CT molecular complexity index is 897. The van der Waals surface area contributed by atoms with Gasteiger partial charge in [0, 0.05) is 42.4 Å². The Hall–Kier alpha value is -2.79. The maximum atomic E-state index is 12.7.